The van der Waals surface area contributed by atoms with E-state index < -0.39 is 0 Å². The van der Waals surface area contributed by atoms with Crippen molar-refractivity contribution in [1.29, 1.82) is 0 Å². The largest absolute Gasteiger partial charge is 0.324 e. The lowest BCUT2D eigenvalue weighted by atomic mass is 9.67. The van der Waals surface area contributed by atoms with Crippen LogP contribution in [-0.4, -0.2) is 67.6 Å². The predicted molar refractivity (Wildman–Crippen MR) is 228 cm³/mol. The highest BCUT2D eigenvalue weighted by atomic mass is 19.1. The van der Waals surface area contributed by atoms with Crippen molar-refractivity contribution < 1.29 is 13.6 Å². The second-order valence-electron chi connectivity index (χ2n) is 17.6. The fourth-order valence-electron chi connectivity index (χ4n) is 10.3. The Kier molecular flexibility index (Phi) is 16.8. The van der Waals surface area contributed by atoms with E-state index in [1.807, 2.05) is 56.3 Å². The Morgan fingerprint density at radius 3 is 1.73 bits per heavy atom. The molecule has 1 amide bonds. The normalized spacial score (nSPS) is 20.5. The summed E-state index contributed by atoms with van der Waals surface area (Å²) in [7, 11) is 0. The van der Waals surface area contributed by atoms with Gasteiger partial charge in [-0.3, -0.25) is 9.69 Å². The van der Waals surface area contributed by atoms with E-state index in [1.165, 1.54) is 95.0 Å². The number of nitrogens with zero attached hydrogens (tertiary/aromatic N) is 2. The minimum Gasteiger partial charge on any atom is -0.324 e. The number of halogens is 2. The maximum atomic E-state index is 13.5. The van der Waals surface area contributed by atoms with Crippen LogP contribution in [0, 0.1) is 43.2 Å². The van der Waals surface area contributed by atoms with Crippen LogP contribution in [0.15, 0.2) is 66.7 Å². The number of benzene rings is 3. The Labute approximate surface area is 337 Å². The third-order valence-electron chi connectivity index (χ3n) is 13.6. The van der Waals surface area contributed by atoms with Crippen molar-refractivity contribution in [2.24, 2.45) is 17.8 Å². The number of rotatable bonds is 13. The van der Waals surface area contributed by atoms with E-state index in [2.05, 4.69) is 20.4 Å². The Hall–Kier alpha value is -3.13. The van der Waals surface area contributed by atoms with Crippen molar-refractivity contribution in [3.05, 3.63) is 101 Å². The third-order valence-corrected chi connectivity index (χ3v) is 13.6. The van der Waals surface area contributed by atoms with Gasteiger partial charge in [0.1, 0.15) is 11.6 Å². The van der Waals surface area contributed by atoms with Crippen molar-refractivity contribution in [3.63, 3.8) is 0 Å². The van der Waals surface area contributed by atoms with Gasteiger partial charge in [0.2, 0.25) is 5.91 Å². The summed E-state index contributed by atoms with van der Waals surface area (Å²) in [5.74, 6) is 2.84. The van der Waals surface area contributed by atoms with Crippen molar-refractivity contribution >= 4 is 11.6 Å². The molecule has 4 fully saturated rings. The molecule has 0 bridgehead atoms. The lowest BCUT2D eigenvalue weighted by Crippen LogP contribution is -2.48. The minimum atomic E-state index is -0.253. The summed E-state index contributed by atoms with van der Waals surface area (Å²) in [4.78, 5) is 17.3. The molecule has 4 aliphatic rings. The van der Waals surface area contributed by atoms with Gasteiger partial charge in [-0.1, -0.05) is 113 Å². The summed E-state index contributed by atoms with van der Waals surface area (Å²) in [5.41, 5.74) is 5.16. The van der Waals surface area contributed by atoms with E-state index in [0.29, 0.717) is 6.54 Å². The lowest BCUT2D eigenvalue weighted by molar-refractivity contribution is -0.117. The van der Waals surface area contributed by atoms with Crippen molar-refractivity contribution in [2.75, 3.05) is 51.1 Å². The monoisotopic (exact) mass is 769 g/mol. The molecule has 5 nitrogen and oxygen atoms in total. The van der Waals surface area contributed by atoms with Gasteiger partial charge in [-0.25, -0.2) is 8.78 Å². The number of nitrogens with one attached hydrogen (secondary N) is 2. The predicted octanol–water partition coefficient (Wildman–Crippen LogP) is 11.0. The maximum absolute atomic E-state index is 13.5. The van der Waals surface area contributed by atoms with Gasteiger partial charge in [0.15, 0.2) is 0 Å². The smallest absolute Gasteiger partial charge is 0.238 e. The molecule has 0 radical (unpaired) electrons. The summed E-state index contributed by atoms with van der Waals surface area (Å²) in [5, 5.41) is 6.91. The maximum Gasteiger partial charge on any atom is 0.238 e. The molecule has 306 valence electrons. The highest BCUT2D eigenvalue weighted by molar-refractivity contribution is 5.93. The number of anilines is 1. The average molecular weight is 769 g/mol. The van der Waals surface area contributed by atoms with Gasteiger partial charge in [-0.15, -0.1) is 0 Å². The molecule has 2 aliphatic heterocycles. The van der Waals surface area contributed by atoms with Crippen LogP contribution < -0.4 is 10.6 Å². The molecule has 7 heteroatoms. The summed E-state index contributed by atoms with van der Waals surface area (Å²) in [6.07, 6.45) is 23.0. The van der Waals surface area contributed by atoms with Crippen molar-refractivity contribution in [1.82, 2.24) is 15.1 Å². The van der Waals surface area contributed by atoms with Gasteiger partial charge in [0.25, 0.3) is 0 Å². The van der Waals surface area contributed by atoms with Gasteiger partial charge in [-0.05, 0) is 123 Å². The highest BCUT2D eigenvalue weighted by Gasteiger charge is 2.33. The first kappa shape index (κ1) is 42.5. The van der Waals surface area contributed by atoms with Crippen molar-refractivity contribution in [2.45, 2.75) is 129 Å². The molecule has 2 heterocycles. The number of hydrogen-bond donors (Lipinski definition) is 2. The van der Waals surface area contributed by atoms with Crippen LogP contribution in [0.25, 0.3) is 0 Å². The Morgan fingerprint density at radius 1 is 0.696 bits per heavy atom. The number of para-hydroxylation sites is 1. The van der Waals surface area contributed by atoms with Gasteiger partial charge in [0.05, 0.1) is 6.54 Å². The lowest BCUT2D eigenvalue weighted by Gasteiger charge is -2.40. The van der Waals surface area contributed by atoms with Crippen LogP contribution in [0.5, 0.6) is 0 Å². The SMILES string of the molecule is C1CCC(C(CC2CCCCN2)C2CCCCC2)CC1.Cc1cccc(C)c1NC(=O)CN1CCN(CCCC(c2ccc(F)cc2)c2ccc(F)cc2)CC1. The Balaban J connectivity index is 0.000000223. The van der Waals surface area contributed by atoms with Crippen LogP contribution in [0.1, 0.15) is 131 Å². The number of piperidine rings is 1. The molecule has 2 saturated carbocycles. The quantitative estimate of drug-likeness (QED) is 0.182. The van der Waals surface area contributed by atoms with Gasteiger partial charge in [0, 0.05) is 43.8 Å². The zero-order valence-electron chi connectivity index (χ0n) is 34.6. The van der Waals surface area contributed by atoms with Gasteiger partial charge < -0.3 is 15.5 Å². The first-order valence-corrected chi connectivity index (χ1v) is 22.4. The van der Waals surface area contributed by atoms with Crippen LogP contribution in [0.2, 0.25) is 0 Å². The molecule has 2 aliphatic carbocycles. The Morgan fingerprint density at radius 2 is 1.21 bits per heavy atom. The van der Waals surface area contributed by atoms with Crippen LogP contribution in [0.3, 0.4) is 0 Å². The summed E-state index contributed by atoms with van der Waals surface area (Å²) < 4.78 is 26.9. The number of amides is 1. The molecular formula is C49H70F2N4O. The zero-order chi connectivity index (χ0) is 39.1. The molecule has 2 saturated heterocycles. The highest BCUT2D eigenvalue weighted by Crippen LogP contribution is 2.42. The number of piperazine rings is 1. The van der Waals surface area contributed by atoms with E-state index in [4.69, 9.17) is 0 Å². The topological polar surface area (TPSA) is 47.6 Å². The van der Waals surface area contributed by atoms with Crippen LogP contribution in [0.4, 0.5) is 14.5 Å². The number of hydrogen-bond acceptors (Lipinski definition) is 4. The summed E-state index contributed by atoms with van der Waals surface area (Å²) in [6.45, 7) is 10.2. The first-order chi connectivity index (χ1) is 27.3. The Bertz CT molecular complexity index is 1500. The van der Waals surface area contributed by atoms with E-state index in [-0.39, 0.29) is 23.5 Å². The second-order valence-corrected chi connectivity index (χ2v) is 17.6. The molecule has 0 spiro atoms. The molecule has 56 heavy (non-hydrogen) atoms. The standard InChI is InChI=1S/C30H35F2N3O.C19H35N/c1-22-5-3-6-23(2)30(22)33-29(36)21-35-19-17-34(18-20-35)16-4-7-28(24-8-12-26(31)13-9-24)25-10-14-27(32)15-11-25;1-3-9-16(10-4-1)19(17-11-5-2-6-12-17)15-18-13-7-8-14-20-18/h3,5-6,8-15,28H,4,7,16-21H2,1-2H3,(H,33,36);16-20H,1-15H2. The number of aryl methyl sites for hydroxylation is 2. The molecule has 3 aromatic rings. The summed E-state index contributed by atoms with van der Waals surface area (Å²) >= 11 is 0. The first-order valence-electron chi connectivity index (χ1n) is 22.4. The van der Waals surface area contributed by atoms with E-state index in [9.17, 15) is 13.6 Å². The zero-order valence-corrected chi connectivity index (χ0v) is 34.6. The molecule has 2 N–H and O–H groups in total. The fraction of sp³-hybridized carbons (Fsp3) is 0.612. The molecule has 3 aromatic carbocycles. The van der Waals surface area contributed by atoms with Crippen LogP contribution >= 0.6 is 0 Å². The van der Waals surface area contributed by atoms with Crippen molar-refractivity contribution in [3.8, 4) is 0 Å². The minimum absolute atomic E-state index is 0.0299. The number of carbonyl (C=O) groups excluding carboxylic acids is 1. The summed E-state index contributed by atoms with van der Waals surface area (Å²) in [6, 6.07) is 20.1. The molecule has 7 rings (SSSR count). The van der Waals surface area contributed by atoms with Gasteiger partial charge in [-0.2, -0.15) is 0 Å². The van der Waals surface area contributed by atoms with E-state index >= 15 is 0 Å². The second kappa shape index (κ2) is 22.1. The molecular weight excluding hydrogens is 699 g/mol. The van der Waals surface area contributed by atoms with E-state index in [1.54, 1.807) is 25.7 Å². The van der Waals surface area contributed by atoms with E-state index in [0.717, 1.165) is 97.3 Å². The molecule has 0 aromatic heterocycles. The van der Waals surface area contributed by atoms with Crippen LogP contribution in [-0.2, 0) is 4.79 Å². The fourth-order valence-corrected chi connectivity index (χ4v) is 10.3. The molecule has 1 atom stereocenters. The number of carbonyl (C=O) groups is 1. The molecule has 1 unspecified atom stereocenters. The van der Waals surface area contributed by atoms with Gasteiger partial charge >= 0.3 is 0 Å². The average Bonchev–Trinajstić information content (AvgIpc) is 3.23. The third kappa shape index (κ3) is 12.9.